The van der Waals surface area contributed by atoms with Gasteiger partial charge in [-0.1, -0.05) is 352 Å². The van der Waals surface area contributed by atoms with Gasteiger partial charge in [0.15, 0.2) is 0 Å². The largest absolute Gasteiger partial charge is 0.450 e. The van der Waals surface area contributed by atoms with Crippen LogP contribution in [-0.2, 0) is 44.6 Å². The first kappa shape index (κ1) is 114. The van der Waals surface area contributed by atoms with Crippen molar-refractivity contribution in [3.05, 3.63) is 144 Å². The number of ether oxygens (including phenoxy) is 4. The molecule has 2 aliphatic carbocycles. The number of carbonyl (C=O) groups excluding carboxylic acids is 8. The Kier molecular flexibility index (Phi) is 71.1. The van der Waals surface area contributed by atoms with Crippen molar-refractivity contribution >= 4 is 48.5 Å². The molecule has 0 spiro atoms. The van der Waals surface area contributed by atoms with E-state index < -0.39 is 0 Å². The summed E-state index contributed by atoms with van der Waals surface area (Å²) in [6, 6.07) is 40.9. The van der Waals surface area contributed by atoms with E-state index in [1.807, 2.05) is 24.3 Å². The number of nitrogens with one attached hydrogen (secondary N) is 12. The molecule has 4 aromatic rings. The lowest BCUT2D eigenvalue weighted by Crippen LogP contribution is -2.56. The van der Waals surface area contributed by atoms with Gasteiger partial charge in [0, 0.05) is 52.4 Å². The van der Waals surface area contributed by atoms with Gasteiger partial charge in [-0.2, -0.15) is 0 Å². The highest BCUT2D eigenvalue weighted by Gasteiger charge is 2.29. The van der Waals surface area contributed by atoms with E-state index in [-0.39, 0.29) is 72.7 Å². The maximum Gasteiger partial charge on any atom is 0.407 e. The van der Waals surface area contributed by atoms with Gasteiger partial charge in [0.2, 0.25) is 0 Å². The van der Waals surface area contributed by atoms with Crippen molar-refractivity contribution in [1.29, 1.82) is 0 Å². The molecule has 12 amide bonds. The number of alkyl carbamates (subject to hydrolysis) is 4. The standard InChI is InChI=1S/2C54H90N6O6/c2*61-51(55-41-27-13-9-5-1-3-7-11-15-29-43-57-53(63)65-45-31-25-37-47-33-19-17-20-34-47)59-49-39-23-24-40-50(49)60-52(62)56-42-28-14-10-6-2-4-8-12-16-30-44-58-54(64)66-46-32-26-38-48-35-21-18-22-36-48/h2*17-22,33-36,49-50H,1-16,23-32,37-46H2,(H,57,63)(H,58,64)(H2,55,59,61)(H2,56,60,62)/t2*49-,50-/m10/s1. The van der Waals surface area contributed by atoms with Crippen LogP contribution in [-0.4, -0.2) is 151 Å². The van der Waals surface area contributed by atoms with Crippen molar-refractivity contribution in [2.24, 2.45) is 0 Å². The van der Waals surface area contributed by atoms with E-state index in [9.17, 15) is 38.4 Å². The number of benzene rings is 4. The Morgan fingerprint density at radius 3 is 0.508 bits per heavy atom. The molecule has 2 saturated carbocycles. The van der Waals surface area contributed by atoms with Crippen molar-refractivity contribution in [2.75, 3.05) is 78.8 Å². The summed E-state index contributed by atoms with van der Waals surface area (Å²) in [7, 11) is 0. The maximum absolute atomic E-state index is 12.7. The van der Waals surface area contributed by atoms with Crippen LogP contribution in [0.4, 0.5) is 38.4 Å². The van der Waals surface area contributed by atoms with Crippen molar-refractivity contribution in [3.63, 3.8) is 0 Å². The summed E-state index contributed by atoms with van der Waals surface area (Å²) in [6.07, 6.45) is 64.3. The van der Waals surface area contributed by atoms with Crippen molar-refractivity contribution in [3.8, 4) is 0 Å². The van der Waals surface area contributed by atoms with Crippen LogP contribution in [0.5, 0.6) is 0 Å². The number of urea groups is 4. The third kappa shape index (κ3) is 67.3. The topological polar surface area (TPSA) is 318 Å². The van der Waals surface area contributed by atoms with E-state index in [0.29, 0.717) is 78.8 Å². The third-order valence-corrected chi connectivity index (χ3v) is 25.2. The van der Waals surface area contributed by atoms with Gasteiger partial charge in [-0.25, -0.2) is 38.4 Å². The van der Waals surface area contributed by atoms with E-state index in [1.165, 1.54) is 176 Å². The average Bonchev–Trinajstić information content (AvgIpc) is 0.873. The summed E-state index contributed by atoms with van der Waals surface area (Å²) in [5.74, 6) is 0. The van der Waals surface area contributed by atoms with Gasteiger partial charge in [-0.3, -0.25) is 0 Å². The molecule has 2 fully saturated rings. The smallest absolute Gasteiger partial charge is 0.407 e. The number of aryl methyl sites for hydroxylation is 4. The summed E-state index contributed by atoms with van der Waals surface area (Å²) < 4.78 is 21.2. The lowest BCUT2D eigenvalue weighted by atomic mass is 9.90. The Labute approximate surface area is 797 Å². The minimum Gasteiger partial charge on any atom is -0.450 e. The highest BCUT2D eigenvalue weighted by Crippen LogP contribution is 2.22. The minimum atomic E-state index is -0.301. The van der Waals surface area contributed by atoms with Crippen molar-refractivity contribution in [1.82, 2.24) is 63.8 Å². The van der Waals surface area contributed by atoms with E-state index in [1.54, 1.807) is 0 Å². The van der Waals surface area contributed by atoms with Gasteiger partial charge < -0.3 is 82.7 Å². The van der Waals surface area contributed by atoms with Crippen LogP contribution in [0, 0.1) is 0 Å². The Bertz CT molecular complexity index is 3000. The highest BCUT2D eigenvalue weighted by atomic mass is 16.6. The first-order chi connectivity index (χ1) is 65.0. The molecule has 132 heavy (non-hydrogen) atoms. The summed E-state index contributed by atoms with van der Waals surface area (Å²) >= 11 is 0. The molecule has 744 valence electrons. The van der Waals surface area contributed by atoms with Crippen LogP contribution < -0.4 is 63.8 Å². The van der Waals surface area contributed by atoms with Gasteiger partial charge in [-0.15, -0.1) is 0 Å². The second kappa shape index (κ2) is 82.7. The van der Waals surface area contributed by atoms with E-state index >= 15 is 0 Å². The van der Waals surface area contributed by atoms with Gasteiger partial charge >= 0.3 is 48.5 Å². The average molecular weight is 1840 g/mol. The molecule has 24 nitrogen and oxygen atoms in total. The monoisotopic (exact) mass is 1840 g/mol. The first-order valence-electron chi connectivity index (χ1n) is 52.9. The molecule has 0 aliphatic heterocycles. The molecule has 4 aromatic carbocycles. The lowest BCUT2D eigenvalue weighted by molar-refractivity contribution is 0.143. The number of rotatable bonds is 76. The maximum atomic E-state index is 12.7. The lowest BCUT2D eigenvalue weighted by Gasteiger charge is -2.32. The Morgan fingerprint density at radius 1 is 0.189 bits per heavy atom. The fourth-order valence-electron chi connectivity index (χ4n) is 17.2. The molecular weight excluding hydrogens is 1660 g/mol. The molecule has 0 unspecified atom stereocenters. The number of hydrogen-bond acceptors (Lipinski definition) is 12. The molecule has 12 N–H and O–H groups in total. The summed E-state index contributed by atoms with van der Waals surface area (Å²) in [5, 5.41) is 36.2. The van der Waals surface area contributed by atoms with E-state index in [4.69, 9.17) is 18.9 Å². The molecule has 0 heterocycles. The zero-order valence-electron chi connectivity index (χ0n) is 81.7. The molecule has 0 saturated heterocycles. The zero-order valence-corrected chi connectivity index (χ0v) is 81.7. The fourth-order valence-corrected chi connectivity index (χ4v) is 17.2. The summed E-state index contributed by atoms with van der Waals surface area (Å²) in [5.41, 5.74) is 5.29. The van der Waals surface area contributed by atoms with E-state index in [0.717, 1.165) is 231 Å². The zero-order chi connectivity index (χ0) is 93.6. The molecule has 4 atom stereocenters. The second-order valence-corrected chi connectivity index (χ2v) is 36.8. The molecule has 0 aromatic heterocycles. The van der Waals surface area contributed by atoms with E-state index in [2.05, 4.69) is 161 Å². The molecule has 2 aliphatic rings. The third-order valence-electron chi connectivity index (χ3n) is 25.2. The van der Waals surface area contributed by atoms with Crippen LogP contribution in [0.1, 0.15) is 382 Å². The molecule has 24 heteroatoms. The number of hydrogen-bond donors (Lipinski definition) is 12. The number of unbranched alkanes of at least 4 members (excludes halogenated alkanes) is 40. The minimum absolute atomic E-state index is 0.0473. The second-order valence-electron chi connectivity index (χ2n) is 36.8. The summed E-state index contributed by atoms with van der Waals surface area (Å²) in [4.78, 5) is 98.3. The fraction of sp³-hybridized carbons (Fsp3) is 0.704. The predicted octanol–water partition coefficient (Wildman–Crippen LogP) is 24.4. The molecule has 0 radical (unpaired) electrons. The van der Waals surface area contributed by atoms with Gasteiger partial charge in [-0.05, 0) is 176 Å². The predicted molar refractivity (Wildman–Crippen MR) is 538 cm³/mol. The Balaban J connectivity index is 0.000000467. The van der Waals surface area contributed by atoms with Gasteiger partial charge in [0.05, 0.1) is 50.6 Å². The van der Waals surface area contributed by atoms with Crippen molar-refractivity contribution in [2.45, 2.75) is 409 Å². The molecular formula is C108H180N12O12. The van der Waals surface area contributed by atoms with Crippen LogP contribution in [0.25, 0.3) is 0 Å². The molecule has 0 bridgehead atoms. The summed E-state index contributed by atoms with van der Waals surface area (Å²) in [6.45, 7) is 7.26. The SMILES string of the molecule is O=C(NCCCCCCCCCCCCNC(=O)OCCCCc1ccccc1)N[C@@H]1CCCC[C@H]1NC(=O)NCCCCCCCCCCCCNC(=O)OCCCCc1ccccc1.O=C(NCCCCCCCCCCCCNC(=O)OCCCCc1ccccc1)N[C@H]1CCCC[C@@H]1NC(=O)NCCCCCCCCCCCCNC(=O)OCCCCc1ccccc1. The Hall–Kier alpha value is -8.96. The van der Waals surface area contributed by atoms with Crippen LogP contribution in [0.15, 0.2) is 121 Å². The van der Waals surface area contributed by atoms with Crippen LogP contribution >= 0.6 is 0 Å². The van der Waals surface area contributed by atoms with Crippen LogP contribution in [0.3, 0.4) is 0 Å². The number of amides is 12. The van der Waals surface area contributed by atoms with Gasteiger partial charge in [0.1, 0.15) is 0 Å². The Morgan fingerprint density at radius 2 is 0.341 bits per heavy atom. The van der Waals surface area contributed by atoms with Crippen LogP contribution in [0.2, 0.25) is 0 Å². The normalized spacial score (nSPS) is 14.5. The first-order valence-corrected chi connectivity index (χ1v) is 52.9. The molecule has 6 rings (SSSR count). The number of carbonyl (C=O) groups is 8. The van der Waals surface area contributed by atoms with Crippen molar-refractivity contribution < 1.29 is 57.3 Å². The highest BCUT2D eigenvalue weighted by molar-refractivity contribution is 5.77. The quantitative estimate of drug-likeness (QED) is 0.0145. The van der Waals surface area contributed by atoms with Gasteiger partial charge in [0.25, 0.3) is 0 Å².